The van der Waals surface area contributed by atoms with Crippen molar-refractivity contribution in [2.75, 3.05) is 6.61 Å². The first-order valence-electron chi connectivity index (χ1n) is 6.69. The van der Waals surface area contributed by atoms with E-state index >= 15 is 0 Å². The van der Waals surface area contributed by atoms with Gasteiger partial charge in [0.05, 0.1) is 11.6 Å². The van der Waals surface area contributed by atoms with Gasteiger partial charge in [0.25, 0.3) is 0 Å². The summed E-state index contributed by atoms with van der Waals surface area (Å²) in [4.78, 5) is 0. The number of benzene rings is 1. The monoisotopic (exact) mass is 247 g/mol. The summed E-state index contributed by atoms with van der Waals surface area (Å²) in [5, 5.41) is 0.717. The van der Waals surface area contributed by atoms with Crippen LogP contribution in [-0.4, -0.2) is 17.3 Å². The molecule has 3 heteroatoms. The van der Waals surface area contributed by atoms with E-state index in [0.717, 1.165) is 36.9 Å². The molecule has 1 saturated heterocycles. The van der Waals surface area contributed by atoms with Crippen molar-refractivity contribution in [1.29, 1.82) is 0 Å². The van der Waals surface area contributed by atoms with Gasteiger partial charge in [-0.2, -0.15) is 0 Å². The molecule has 1 aliphatic rings. The number of hydrogen-bond acceptors (Lipinski definition) is 1. The largest absolute Gasteiger partial charge is 0.378 e. The molecule has 1 atom stereocenters. The Hall–Kier alpha value is -1.35. The first-order chi connectivity index (χ1) is 8.84. The topological polar surface area (TPSA) is 14.2 Å². The van der Waals surface area contributed by atoms with Crippen molar-refractivity contribution in [2.24, 2.45) is 0 Å². The number of aromatic nitrogens is 1. The molecule has 1 aromatic heterocycles. The molecule has 2 nitrogen and oxygen atoms in total. The van der Waals surface area contributed by atoms with E-state index in [4.69, 9.17) is 4.74 Å². The molecule has 1 unspecified atom stereocenters. The van der Waals surface area contributed by atoms with Crippen molar-refractivity contribution in [3.63, 3.8) is 0 Å². The van der Waals surface area contributed by atoms with E-state index in [1.54, 1.807) is 6.07 Å². The zero-order chi connectivity index (χ0) is 12.4. The standard InChI is InChI=1S/C15H18FNO/c16-14-6-1-7-15-13(14)8-10-17(15)9-2-4-12-5-3-11-18-12/h1,6-8,10,12H,2-5,9,11H2. The third-order valence-corrected chi connectivity index (χ3v) is 3.71. The van der Waals surface area contributed by atoms with E-state index in [-0.39, 0.29) is 5.82 Å². The molecule has 2 heterocycles. The molecule has 1 aromatic carbocycles. The molecule has 0 radical (unpaired) electrons. The Morgan fingerprint density at radius 1 is 1.33 bits per heavy atom. The molecule has 0 amide bonds. The Balaban J connectivity index is 1.65. The minimum absolute atomic E-state index is 0.134. The summed E-state index contributed by atoms with van der Waals surface area (Å²) in [6.07, 6.45) is 7.01. The van der Waals surface area contributed by atoms with Crippen molar-refractivity contribution in [3.8, 4) is 0 Å². The molecule has 3 rings (SSSR count). The van der Waals surface area contributed by atoms with Crippen LogP contribution in [-0.2, 0) is 11.3 Å². The van der Waals surface area contributed by atoms with E-state index in [9.17, 15) is 4.39 Å². The van der Waals surface area contributed by atoms with Gasteiger partial charge >= 0.3 is 0 Å². The maximum atomic E-state index is 13.5. The Morgan fingerprint density at radius 2 is 2.28 bits per heavy atom. The smallest absolute Gasteiger partial charge is 0.132 e. The Kier molecular flexibility index (Phi) is 3.33. The fraction of sp³-hybridized carbons (Fsp3) is 0.467. The van der Waals surface area contributed by atoms with Crippen LogP contribution in [0.4, 0.5) is 4.39 Å². The molecular weight excluding hydrogens is 229 g/mol. The first kappa shape index (κ1) is 11.7. The van der Waals surface area contributed by atoms with Crippen LogP contribution in [0.3, 0.4) is 0 Å². The Morgan fingerprint density at radius 3 is 3.11 bits per heavy atom. The SMILES string of the molecule is Fc1cccc2c1ccn2CCCC1CCCO1. The van der Waals surface area contributed by atoms with Gasteiger partial charge in [0.1, 0.15) is 5.82 Å². The molecule has 18 heavy (non-hydrogen) atoms. The van der Waals surface area contributed by atoms with E-state index in [1.807, 2.05) is 18.3 Å². The lowest BCUT2D eigenvalue weighted by molar-refractivity contribution is 0.101. The summed E-state index contributed by atoms with van der Waals surface area (Å²) in [7, 11) is 0. The van der Waals surface area contributed by atoms with Crippen LogP contribution < -0.4 is 0 Å². The number of hydrogen-bond donors (Lipinski definition) is 0. The molecule has 0 N–H and O–H groups in total. The minimum Gasteiger partial charge on any atom is -0.378 e. The number of halogens is 1. The zero-order valence-electron chi connectivity index (χ0n) is 10.4. The van der Waals surface area contributed by atoms with E-state index in [1.165, 1.54) is 18.9 Å². The van der Waals surface area contributed by atoms with Crippen LogP contribution in [0.5, 0.6) is 0 Å². The summed E-state index contributed by atoms with van der Waals surface area (Å²) in [6, 6.07) is 7.12. The maximum Gasteiger partial charge on any atom is 0.132 e. The van der Waals surface area contributed by atoms with E-state index < -0.39 is 0 Å². The van der Waals surface area contributed by atoms with Crippen LogP contribution in [0.1, 0.15) is 25.7 Å². The molecule has 0 saturated carbocycles. The van der Waals surface area contributed by atoms with Gasteiger partial charge in [-0.15, -0.1) is 0 Å². The van der Waals surface area contributed by atoms with Crippen molar-refractivity contribution < 1.29 is 9.13 Å². The minimum atomic E-state index is -0.134. The fourth-order valence-corrected chi connectivity index (χ4v) is 2.74. The number of aryl methyl sites for hydroxylation is 1. The molecule has 1 fully saturated rings. The summed E-state index contributed by atoms with van der Waals surface area (Å²) < 4.78 is 21.3. The summed E-state index contributed by atoms with van der Waals surface area (Å²) in [6.45, 7) is 1.86. The molecular formula is C15H18FNO. The molecule has 1 aliphatic heterocycles. The molecule has 96 valence electrons. The van der Waals surface area contributed by atoms with Crippen molar-refractivity contribution in [1.82, 2.24) is 4.57 Å². The zero-order valence-corrected chi connectivity index (χ0v) is 10.4. The van der Waals surface area contributed by atoms with Crippen molar-refractivity contribution >= 4 is 10.9 Å². The molecule has 0 bridgehead atoms. The van der Waals surface area contributed by atoms with Crippen molar-refractivity contribution in [3.05, 3.63) is 36.3 Å². The first-order valence-corrected chi connectivity index (χ1v) is 6.69. The lowest BCUT2D eigenvalue weighted by atomic mass is 10.1. The average Bonchev–Trinajstić information content (AvgIpc) is 3.00. The lowest BCUT2D eigenvalue weighted by Gasteiger charge is -2.10. The highest BCUT2D eigenvalue weighted by atomic mass is 19.1. The van der Waals surface area contributed by atoms with Crippen LogP contribution in [0.25, 0.3) is 10.9 Å². The van der Waals surface area contributed by atoms with Crippen LogP contribution in [0, 0.1) is 5.82 Å². The number of ether oxygens (including phenoxy) is 1. The van der Waals surface area contributed by atoms with Gasteiger partial charge in [0.2, 0.25) is 0 Å². The van der Waals surface area contributed by atoms with E-state index in [2.05, 4.69) is 4.57 Å². The normalized spacial score (nSPS) is 19.7. The van der Waals surface area contributed by atoms with Gasteiger partial charge in [-0.3, -0.25) is 0 Å². The van der Waals surface area contributed by atoms with Crippen LogP contribution >= 0.6 is 0 Å². The predicted molar refractivity (Wildman–Crippen MR) is 70.1 cm³/mol. The maximum absolute atomic E-state index is 13.5. The second-order valence-electron chi connectivity index (χ2n) is 4.96. The highest BCUT2D eigenvalue weighted by molar-refractivity contribution is 5.80. The van der Waals surface area contributed by atoms with Gasteiger partial charge in [-0.1, -0.05) is 6.07 Å². The third kappa shape index (κ3) is 2.27. The van der Waals surface area contributed by atoms with Crippen LogP contribution in [0.15, 0.2) is 30.5 Å². The second-order valence-corrected chi connectivity index (χ2v) is 4.96. The van der Waals surface area contributed by atoms with Crippen molar-refractivity contribution in [2.45, 2.75) is 38.3 Å². The Labute approximate surface area is 106 Å². The summed E-state index contributed by atoms with van der Waals surface area (Å²) >= 11 is 0. The number of nitrogens with zero attached hydrogens (tertiary/aromatic N) is 1. The second kappa shape index (κ2) is 5.11. The molecule has 0 aliphatic carbocycles. The molecule has 2 aromatic rings. The average molecular weight is 247 g/mol. The third-order valence-electron chi connectivity index (χ3n) is 3.71. The van der Waals surface area contributed by atoms with Gasteiger partial charge in [0, 0.05) is 24.7 Å². The van der Waals surface area contributed by atoms with Gasteiger partial charge in [-0.25, -0.2) is 4.39 Å². The Bertz CT molecular complexity index is 528. The van der Waals surface area contributed by atoms with Gasteiger partial charge in [0.15, 0.2) is 0 Å². The van der Waals surface area contributed by atoms with Crippen LogP contribution in [0.2, 0.25) is 0 Å². The number of fused-ring (bicyclic) bond motifs is 1. The summed E-state index contributed by atoms with van der Waals surface area (Å²) in [5.41, 5.74) is 0.988. The predicted octanol–water partition coefficient (Wildman–Crippen LogP) is 3.74. The lowest BCUT2D eigenvalue weighted by Crippen LogP contribution is -2.06. The quantitative estimate of drug-likeness (QED) is 0.802. The van der Waals surface area contributed by atoms with Gasteiger partial charge in [-0.05, 0) is 43.9 Å². The highest BCUT2D eigenvalue weighted by Crippen LogP contribution is 2.21. The van der Waals surface area contributed by atoms with Gasteiger partial charge < -0.3 is 9.30 Å². The van der Waals surface area contributed by atoms with E-state index in [0.29, 0.717) is 6.10 Å². The number of rotatable bonds is 4. The highest BCUT2D eigenvalue weighted by Gasteiger charge is 2.14. The summed E-state index contributed by atoms with van der Waals surface area (Å²) in [5.74, 6) is -0.134. The fourth-order valence-electron chi connectivity index (χ4n) is 2.74. The molecule has 0 spiro atoms.